The number of tetrazole rings is 1. The number of hydrogen-bond donors (Lipinski definition) is 1. The van der Waals surface area contributed by atoms with Crippen LogP contribution in [0.25, 0.3) is 0 Å². The number of aromatic carboxylic acids is 1. The molecule has 1 heterocycles. The van der Waals surface area contributed by atoms with Crippen molar-refractivity contribution in [2.24, 2.45) is 7.05 Å². The van der Waals surface area contributed by atoms with Gasteiger partial charge in [0.05, 0.1) is 10.5 Å². The van der Waals surface area contributed by atoms with Crippen molar-refractivity contribution < 1.29 is 14.8 Å². The maximum atomic E-state index is 11.4. The number of benzene rings is 1. The van der Waals surface area contributed by atoms with Crippen LogP contribution < -0.4 is 0 Å². The number of aromatic nitrogens is 4. The average molecular weight is 338 g/mol. The van der Waals surface area contributed by atoms with Crippen molar-refractivity contribution in [1.82, 2.24) is 25.1 Å². The third kappa shape index (κ3) is 3.81. The van der Waals surface area contributed by atoms with Crippen LogP contribution in [0.15, 0.2) is 22.2 Å². The molecule has 0 unspecified atom stereocenters. The van der Waals surface area contributed by atoms with E-state index in [2.05, 4.69) is 15.5 Å². The predicted molar refractivity (Wildman–Crippen MR) is 80.4 cm³/mol. The topological polar surface area (TPSA) is 127 Å². The Bertz CT molecular complexity index is 760. The molecule has 23 heavy (non-hydrogen) atoms. The zero-order valence-electron chi connectivity index (χ0n) is 12.6. The Morgan fingerprint density at radius 1 is 1.48 bits per heavy atom. The fourth-order valence-corrected chi connectivity index (χ4v) is 2.81. The molecule has 1 N–H and O–H groups in total. The molecule has 0 radical (unpaired) electrons. The van der Waals surface area contributed by atoms with Crippen molar-refractivity contribution in [3.63, 3.8) is 0 Å². The zero-order chi connectivity index (χ0) is 17.1. The second kappa shape index (κ2) is 6.71. The number of carboxylic acids is 1. The molecule has 11 heteroatoms. The predicted octanol–water partition coefficient (Wildman–Crippen LogP) is 1.03. The summed E-state index contributed by atoms with van der Waals surface area (Å²) < 4.78 is 1.39. The lowest BCUT2D eigenvalue weighted by Crippen LogP contribution is -2.13. The van der Waals surface area contributed by atoms with Gasteiger partial charge in [-0.1, -0.05) is 0 Å². The molecule has 0 atom stereocenters. The van der Waals surface area contributed by atoms with Crippen molar-refractivity contribution in [1.29, 1.82) is 0 Å². The largest absolute Gasteiger partial charge is 0.478 e. The Balaban J connectivity index is 2.56. The van der Waals surface area contributed by atoms with Crippen LogP contribution in [0.5, 0.6) is 0 Å². The maximum Gasteiger partial charge on any atom is 0.337 e. The highest BCUT2D eigenvalue weighted by Gasteiger charge is 2.23. The Hall–Kier alpha value is -2.53. The summed E-state index contributed by atoms with van der Waals surface area (Å²) in [6.45, 7) is 0.306. The summed E-state index contributed by atoms with van der Waals surface area (Å²) in [5, 5.41) is 31.9. The fraction of sp³-hybridized carbons (Fsp3) is 0.333. The van der Waals surface area contributed by atoms with Gasteiger partial charge in [0.2, 0.25) is 5.16 Å². The third-order valence-electron chi connectivity index (χ3n) is 2.88. The van der Waals surface area contributed by atoms with Crippen molar-refractivity contribution in [2.45, 2.75) is 16.6 Å². The van der Waals surface area contributed by atoms with Gasteiger partial charge in [-0.3, -0.25) is 10.1 Å². The normalized spacial score (nSPS) is 11.0. The van der Waals surface area contributed by atoms with Crippen LogP contribution in [0.3, 0.4) is 0 Å². The summed E-state index contributed by atoms with van der Waals surface area (Å²) >= 11 is 1.04. The summed E-state index contributed by atoms with van der Waals surface area (Å²) in [5.74, 6) is -1.25. The molecule has 0 amide bonds. The molecular weight excluding hydrogens is 324 g/mol. The minimum absolute atomic E-state index is 0.160. The van der Waals surface area contributed by atoms with Crippen molar-refractivity contribution >= 4 is 23.4 Å². The van der Waals surface area contributed by atoms with Crippen LogP contribution >= 0.6 is 11.8 Å². The standard InChI is InChI=1S/C12H14N6O4S/c1-16(2)6-7-4-10(23-12-13-14-15-17(12)3)8(11(19)20)5-9(7)18(21)22/h4-5H,6H2,1-3H3,(H,19,20). The van der Waals surface area contributed by atoms with Gasteiger partial charge in [0, 0.05) is 30.1 Å². The molecule has 10 nitrogen and oxygen atoms in total. The molecule has 1 aromatic heterocycles. The third-order valence-corrected chi connectivity index (χ3v) is 3.96. The highest BCUT2D eigenvalue weighted by molar-refractivity contribution is 7.99. The van der Waals surface area contributed by atoms with Crippen molar-refractivity contribution in [2.75, 3.05) is 14.1 Å². The molecule has 0 fully saturated rings. The zero-order valence-corrected chi connectivity index (χ0v) is 13.4. The van der Waals surface area contributed by atoms with E-state index < -0.39 is 10.9 Å². The van der Waals surface area contributed by atoms with Crippen LogP contribution in [0.4, 0.5) is 5.69 Å². The first kappa shape index (κ1) is 16.8. The first-order valence-electron chi connectivity index (χ1n) is 6.39. The number of hydrogen-bond acceptors (Lipinski definition) is 8. The van der Waals surface area contributed by atoms with Crippen LogP contribution in [0.1, 0.15) is 15.9 Å². The number of nitrogens with zero attached hydrogens (tertiary/aromatic N) is 6. The van der Waals surface area contributed by atoms with E-state index in [4.69, 9.17) is 0 Å². The lowest BCUT2D eigenvalue weighted by atomic mass is 10.1. The molecular formula is C12H14N6O4S. The van der Waals surface area contributed by atoms with Crippen molar-refractivity contribution in [3.05, 3.63) is 33.4 Å². The molecule has 0 aliphatic carbocycles. The highest BCUT2D eigenvalue weighted by atomic mass is 32.2. The van der Waals surface area contributed by atoms with E-state index in [1.165, 1.54) is 10.7 Å². The van der Waals surface area contributed by atoms with Crippen LogP contribution in [-0.2, 0) is 13.6 Å². The van der Waals surface area contributed by atoms with Crippen LogP contribution in [-0.4, -0.2) is 55.2 Å². The summed E-state index contributed by atoms with van der Waals surface area (Å²) in [4.78, 5) is 24.2. The second-order valence-electron chi connectivity index (χ2n) is 4.96. The van der Waals surface area contributed by atoms with E-state index in [0.29, 0.717) is 22.2 Å². The van der Waals surface area contributed by atoms with E-state index in [0.717, 1.165) is 17.8 Å². The second-order valence-corrected chi connectivity index (χ2v) is 5.97. The van der Waals surface area contributed by atoms with Gasteiger partial charge in [0.25, 0.3) is 5.69 Å². The van der Waals surface area contributed by atoms with Gasteiger partial charge in [-0.25, -0.2) is 9.48 Å². The van der Waals surface area contributed by atoms with Gasteiger partial charge in [-0.15, -0.1) is 5.10 Å². The van der Waals surface area contributed by atoms with Crippen molar-refractivity contribution in [3.8, 4) is 0 Å². The van der Waals surface area contributed by atoms with Gasteiger partial charge >= 0.3 is 5.97 Å². The minimum atomic E-state index is -1.25. The molecule has 0 aliphatic heterocycles. The maximum absolute atomic E-state index is 11.4. The minimum Gasteiger partial charge on any atom is -0.478 e. The Morgan fingerprint density at radius 2 is 2.17 bits per heavy atom. The number of nitro benzene ring substituents is 1. The number of rotatable bonds is 6. The smallest absolute Gasteiger partial charge is 0.337 e. The van der Waals surface area contributed by atoms with Gasteiger partial charge in [-0.2, -0.15) is 0 Å². The number of carbonyl (C=O) groups is 1. The average Bonchev–Trinajstić information content (AvgIpc) is 2.83. The van der Waals surface area contributed by atoms with E-state index >= 15 is 0 Å². The summed E-state index contributed by atoms with van der Waals surface area (Å²) in [6.07, 6.45) is 0. The lowest BCUT2D eigenvalue weighted by molar-refractivity contribution is -0.385. The number of nitro groups is 1. The SMILES string of the molecule is CN(C)Cc1cc(Sc2nnnn2C)c(C(=O)O)cc1[N+](=O)[O-]. The van der Waals surface area contributed by atoms with Gasteiger partial charge in [0.1, 0.15) is 0 Å². The first-order valence-corrected chi connectivity index (χ1v) is 7.20. The molecule has 0 spiro atoms. The van der Waals surface area contributed by atoms with Gasteiger partial charge in [-0.05, 0) is 42.4 Å². The molecule has 0 bridgehead atoms. The molecule has 0 saturated carbocycles. The van der Waals surface area contributed by atoms with E-state index in [-0.39, 0.29) is 11.3 Å². The lowest BCUT2D eigenvalue weighted by Gasteiger charge is -2.13. The van der Waals surface area contributed by atoms with Crippen LogP contribution in [0.2, 0.25) is 0 Å². The van der Waals surface area contributed by atoms with E-state index in [1.807, 2.05) is 0 Å². The Labute approximate surface area is 135 Å². The summed E-state index contributed by atoms with van der Waals surface area (Å²) in [5.41, 5.74) is 0.0337. The highest BCUT2D eigenvalue weighted by Crippen LogP contribution is 2.34. The van der Waals surface area contributed by atoms with Gasteiger partial charge < -0.3 is 10.0 Å². The number of aryl methyl sites for hydroxylation is 1. The molecule has 0 aliphatic rings. The monoisotopic (exact) mass is 338 g/mol. The van der Waals surface area contributed by atoms with E-state index in [1.54, 1.807) is 26.0 Å². The first-order chi connectivity index (χ1) is 10.8. The fourth-order valence-electron chi connectivity index (χ4n) is 1.91. The Morgan fingerprint density at radius 3 is 2.65 bits per heavy atom. The molecule has 2 aromatic rings. The number of carboxylic acid groups (broad SMARTS) is 1. The van der Waals surface area contributed by atoms with Crippen LogP contribution in [0, 0.1) is 10.1 Å². The summed E-state index contributed by atoms with van der Waals surface area (Å²) in [6, 6.07) is 2.58. The molecule has 122 valence electrons. The van der Waals surface area contributed by atoms with E-state index in [9.17, 15) is 20.0 Å². The molecule has 2 rings (SSSR count). The Kier molecular flexibility index (Phi) is 4.91. The quantitative estimate of drug-likeness (QED) is 0.606. The molecule has 1 aromatic carbocycles. The van der Waals surface area contributed by atoms with Gasteiger partial charge in [0.15, 0.2) is 0 Å². The summed E-state index contributed by atoms with van der Waals surface area (Å²) in [7, 11) is 5.16. The molecule has 0 saturated heterocycles.